The molecule has 6 heteroatoms. The van der Waals surface area contributed by atoms with Crippen molar-refractivity contribution >= 4 is 34.2 Å². The number of methoxy groups -OCH3 is 1. The zero-order valence-electron chi connectivity index (χ0n) is 11.1. The van der Waals surface area contributed by atoms with E-state index in [-0.39, 0.29) is 11.6 Å². The summed E-state index contributed by atoms with van der Waals surface area (Å²) in [5, 5.41) is 0.535. The summed E-state index contributed by atoms with van der Waals surface area (Å²) in [7, 11) is 1.42. The number of benzene rings is 2. The van der Waals surface area contributed by atoms with Crippen molar-refractivity contribution in [1.29, 1.82) is 0 Å². The fourth-order valence-corrected chi connectivity index (χ4v) is 2.73. The highest BCUT2D eigenvalue weighted by Crippen LogP contribution is 2.30. The minimum Gasteiger partial charge on any atom is -0.494 e. The first-order valence-corrected chi connectivity index (χ1v) is 7.12. The number of imidazole rings is 1. The first kappa shape index (κ1) is 14.2. The maximum absolute atomic E-state index is 14.0. The lowest BCUT2D eigenvalue weighted by Crippen LogP contribution is -2.01. The van der Waals surface area contributed by atoms with Gasteiger partial charge in [0, 0.05) is 6.07 Å². The predicted octanol–water partition coefficient (Wildman–Crippen LogP) is 4.57. The molecule has 0 radical (unpaired) electrons. The van der Waals surface area contributed by atoms with Gasteiger partial charge in [0.15, 0.2) is 11.6 Å². The molecule has 0 N–H and O–H groups in total. The first-order chi connectivity index (χ1) is 10.2. The zero-order valence-corrected chi connectivity index (χ0v) is 12.6. The van der Waals surface area contributed by atoms with Gasteiger partial charge >= 0.3 is 0 Å². The molecule has 0 aliphatic rings. The van der Waals surface area contributed by atoms with Gasteiger partial charge in [-0.2, -0.15) is 0 Å². The molecule has 0 saturated heterocycles. The molecular weight excluding hydrogens is 314 g/mol. The molecule has 0 unspecified atom stereocenters. The molecule has 2 aromatic carbocycles. The molecule has 0 aliphatic carbocycles. The van der Waals surface area contributed by atoms with E-state index in [1.54, 1.807) is 22.8 Å². The number of halogens is 3. The normalized spacial score (nSPS) is 11.0. The van der Waals surface area contributed by atoms with Crippen molar-refractivity contribution in [3.63, 3.8) is 0 Å². The van der Waals surface area contributed by atoms with Crippen molar-refractivity contribution in [1.82, 2.24) is 9.55 Å². The van der Waals surface area contributed by atoms with Crippen LogP contribution in [0.4, 0.5) is 4.39 Å². The van der Waals surface area contributed by atoms with Gasteiger partial charge in [-0.05, 0) is 24.3 Å². The molecule has 3 nitrogen and oxygen atoms in total. The minimum absolute atomic E-state index is 0.182. The SMILES string of the molecule is COc1ccc(-n2c(CCl)nc3cccc(Cl)c32)cc1F. The number of para-hydroxylation sites is 1. The molecule has 108 valence electrons. The molecule has 0 amide bonds. The van der Waals surface area contributed by atoms with Gasteiger partial charge in [0.25, 0.3) is 0 Å². The third-order valence-corrected chi connectivity index (χ3v) is 3.75. The predicted molar refractivity (Wildman–Crippen MR) is 82.1 cm³/mol. The maximum atomic E-state index is 14.0. The van der Waals surface area contributed by atoms with Crippen molar-refractivity contribution in [2.45, 2.75) is 5.88 Å². The summed E-state index contributed by atoms with van der Waals surface area (Å²) >= 11 is 12.2. The number of alkyl halides is 1. The maximum Gasteiger partial charge on any atom is 0.167 e. The third kappa shape index (κ3) is 2.34. The van der Waals surface area contributed by atoms with Crippen molar-refractivity contribution < 1.29 is 9.13 Å². The highest BCUT2D eigenvalue weighted by Gasteiger charge is 2.15. The Hall–Kier alpha value is -1.78. The fraction of sp³-hybridized carbons (Fsp3) is 0.133. The number of ether oxygens (including phenoxy) is 1. The Labute approximate surface area is 130 Å². The molecule has 0 spiro atoms. The van der Waals surface area contributed by atoms with E-state index in [0.717, 1.165) is 5.52 Å². The molecule has 3 rings (SSSR count). The first-order valence-electron chi connectivity index (χ1n) is 6.21. The number of nitrogens with zero attached hydrogens (tertiary/aromatic N) is 2. The molecule has 0 bridgehead atoms. The van der Waals surface area contributed by atoms with Gasteiger partial charge in [0.2, 0.25) is 0 Å². The summed E-state index contributed by atoms with van der Waals surface area (Å²) in [5.41, 5.74) is 2.02. The van der Waals surface area contributed by atoms with Crippen LogP contribution in [0, 0.1) is 5.82 Å². The summed E-state index contributed by atoms with van der Waals surface area (Å²) in [4.78, 5) is 4.43. The van der Waals surface area contributed by atoms with Crippen LogP contribution >= 0.6 is 23.2 Å². The molecule has 0 saturated carbocycles. The summed E-state index contributed by atoms with van der Waals surface area (Å²) < 4.78 is 20.6. The number of rotatable bonds is 3. The van der Waals surface area contributed by atoms with Crippen LogP contribution in [0.15, 0.2) is 36.4 Å². The zero-order chi connectivity index (χ0) is 15.0. The number of aromatic nitrogens is 2. The van der Waals surface area contributed by atoms with Crippen molar-refractivity contribution in [2.75, 3.05) is 7.11 Å². The van der Waals surface area contributed by atoms with E-state index in [0.29, 0.717) is 22.1 Å². The Morgan fingerprint density at radius 3 is 2.76 bits per heavy atom. The highest BCUT2D eigenvalue weighted by atomic mass is 35.5. The van der Waals surface area contributed by atoms with Crippen molar-refractivity contribution in [3.05, 3.63) is 53.1 Å². The molecule has 21 heavy (non-hydrogen) atoms. The average molecular weight is 325 g/mol. The summed E-state index contributed by atoms with van der Waals surface area (Å²) in [6.07, 6.45) is 0. The molecular formula is C15H11Cl2FN2O. The van der Waals surface area contributed by atoms with E-state index in [2.05, 4.69) is 4.98 Å². The van der Waals surface area contributed by atoms with Gasteiger partial charge in [0.05, 0.1) is 34.7 Å². The second-order valence-corrected chi connectivity index (χ2v) is 5.10. The van der Waals surface area contributed by atoms with Crippen LogP contribution in [0.25, 0.3) is 16.7 Å². The van der Waals surface area contributed by atoms with Crippen molar-refractivity contribution in [3.8, 4) is 11.4 Å². The summed E-state index contributed by atoms with van der Waals surface area (Å²) in [6, 6.07) is 10.1. The smallest absolute Gasteiger partial charge is 0.167 e. The molecule has 0 aliphatic heterocycles. The summed E-state index contributed by atoms with van der Waals surface area (Å²) in [5.74, 6) is 0.522. The van der Waals surface area contributed by atoms with Crippen LogP contribution in [-0.2, 0) is 5.88 Å². The molecule has 1 aromatic heterocycles. The molecule has 3 aromatic rings. The highest BCUT2D eigenvalue weighted by molar-refractivity contribution is 6.35. The van der Waals surface area contributed by atoms with Gasteiger partial charge < -0.3 is 4.74 Å². The van der Waals surface area contributed by atoms with Crippen LogP contribution in [0.5, 0.6) is 5.75 Å². The Morgan fingerprint density at radius 2 is 2.10 bits per heavy atom. The van der Waals surface area contributed by atoms with Gasteiger partial charge in [-0.3, -0.25) is 4.57 Å². The van der Waals surface area contributed by atoms with Crippen LogP contribution in [0.3, 0.4) is 0 Å². The Bertz CT molecular complexity index is 817. The van der Waals surface area contributed by atoms with Crippen LogP contribution in [0.2, 0.25) is 5.02 Å². The lowest BCUT2D eigenvalue weighted by atomic mass is 10.2. The Balaban J connectivity index is 2.30. The van der Waals surface area contributed by atoms with E-state index < -0.39 is 5.82 Å². The number of hydrogen-bond acceptors (Lipinski definition) is 2. The van der Waals surface area contributed by atoms with Gasteiger partial charge in [-0.25, -0.2) is 9.37 Å². The molecule has 1 heterocycles. The Morgan fingerprint density at radius 1 is 1.29 bits per heavy atom. The van der Waals surface area contributed by atoms with E-state index >= 15 is 0 Å². The monoisotopic (exact) mass is 324 g/mol. The van der Waals surface area contributed by atoms with Gasteiger partial charge in [-0.1, -0.05) is 17.7 Å². The lowest BCUT2D eigenvalue weighted by Gasteiger charge is -2.10. The topological polar surface area (TPSA) is 27.1 Å². The van der Waals surface area contributed by atoms with Crippen LogP contribution in [-0.4, -0.2) is 16.7 Å². The third-order valence-electron chi connectivity index (χ3n) is 3.21. The van der Waals surface area contributed by atoms with E-state index in [9.17, 15) is 4.39 Å². The summed E-state index contributed by atoms with van der Waals surface area (Å²) in [6.45, 7) is 0. The lowest BCUT2D eigenvalue weighted by molar-refractivity contribution is 0.386. The average Bonchev–Trinajstić information content (AvgIpc) is 2.87. The van der Waals surface area contributed by atoms with Gasteiger partial charge in [-0.15, -0.1) is 11.6 Å². The quantitative estimate of drug-likeness (QED) is 0.660. The van der Waals surface area contributed by atoms with Crippen molar-refractivity contribution in [2.24, 2.45) is 0 Å². The van der Waals surface area contributed by atoms with E-state index in [4.69, 9.17) is 27.9 Å². The second kappa shape index (κ2) is 5.54. The van der Waals surface area contributed by atoms with Crippen LogP contribution in [0.1, 0.15) is 5.82 Å². The largest absolute Gasteiger partial charge is 0.494 e. The van der Waals surface area contributed by atoms with Gasteiger partial charge in [0.1, 0.15) is 5.82 Å². The fourth-order valence-electron chi connectivity index (χ4n) is 2.30. The number of fused-ring (bicyclic) bond motifs is 1. The van der Waals surface area contributed by atoms with Crippen LogP contribution < -0.4 is 4.74 Å². The van der Waals surface area contributed by atoms with E-state index in [1.807, 2.05) is 12.1 Å². The van der Waals surface area contributed by atoms with E-state index in [1.165, 1.54) is 13.2 Å². The molecule has 0 atom stereocenters. The number of hydrogen-bond donors (Lipinski definition) is 0. The second-order valence-electron chi connectivity index (χ2n) is 4.42. The Kier molecular flexibility index (Phi) is 3.74. The minimum atomic E-state index is -0.454. The molecule has 0 fully saturated rings. The standard InChI is InChI=1S/C15H11Cl2FN2O/c1-21-13-6-5-9(7-11(13)18)20-14(8-16)19-12-4-2-3-10(17)15(12)20/h2-7H,8H2,1H3.